The van der Waals surface area contributed by atoms with Crippen molar-refractivity contribution in [3.8, 4) is 11.4 Å². The number of carbonyl (C=O) groups excluding carboxylic acids is 1. The van der Waals surface area contributed by atoms with Gasteiger partial charge < -0.3 is 19.5 Å². The summed E-state index contributed by atoms with van der Waals surface area (Å²) in [6.45, 7) is 2.02. The van der Waals surface area contributed by atoms with E-state index in [9.17, 15) is 18.0 Å². The average molecular weight is 509 g/mol. The zero-order chi connectivity index (χ0) is 23.9. The lowest BCUT2D eigenvalue weighted by Crippen LogP contribution is -2.58. The minimum absolute atomic E-state index is 0. The highest BCUT2D eigenvalue weighted by Gasteiger charge is 2.46. The van der Waals surface area contributed by atoms with Crippen LogP contribution in [0.1, 0.15) is 35.1 Å². The van der Waals surface area contributed by atoms with E-state index in [1.54, 1.807) is 18.3 Å². The van der Waals surface area contributed by atoms with Crippen molar-refractivity contribution in [1.82, 2.24) is 24.4 Å². The van der Waals surface area contributed by atoms with Gasteiger partial charge in [-0.25, -0.2) is 28.1 Å². The summed E-state index contributed by atoms with van der Waals surface area (Å²) in [5, 5.41) is 3.00. The number of ether oxygens (including phenoxy) is 1. The quantitative estimate of drug-likeness (QED) is 0.550. The van der Waals surface area contributed by atoms with Crippen LogP contribution in [0.15, 0.2) is 36.7 Å². The molecule has 0 aliphatic carbocycles. The molecule has 0 saturated carbocycles. The van der Waals surface area contributed by atoms with Gasteiger partial charge in [-0.3, -0.25) is 4.79 Å². The minimum Gasteiger partial charge on any atom is -0.381 e. The maximum atomic E-state index is 14.7. The topological polar surface area (TPSA) is 85.2 Å². The summed E-state index contributed by atoms with van der Waals surface area (Å²) >= 11 is 0. The minimum atomic E-state index is -2.81. The average Bonchev–Trinajstić information content (AvgIpc) is 3.20. The van der Waals surface area contributed by atoms with Crippen molar-refractivity contribution >= 4 is 29.9 Å². The first kappa shape index (κ1) is 24.9. The van der Waals surface area contributed by atoms with Gasteiger partial charge >= 0.3 is 0 Å². The Morgan fingerprint density at radius 2 is 1.80 bits per heavy atom. The number of anilines is 2. The van der Waals surface area contributed by atoms with Crippen molar-refractivity contribution in [2.45, 2.75) is 31.7 Å². The van der Waals surface area contributed by atoms with E-state index >= 15 is 0 Å². The maximum Gasteiger partial charge on any atom is 0.282 e. The number of rotatable bonds is 5. The van der Waals surface area contributed by atoms with Crippen LogP contribution >= 0.6 is 12.4 Å². The number of hydrogen-bond donors (Lipinski definition) is 1. The van der Waals surface area contributed by atoms with Gasteiger partial charge in [-0.15, -0.1) is 12.4 Å². The SMILES string of the molecule is Cc1ncc(-c2nc(Nc3ccc(C(=O)N4CC(F)(F)C4)cc3)ncc2F)n1C1CCOCC1.Cl. The predicted molar refractivity (Wildman–Crippen MR) is 125 cm³/mol. The highest BCUT2D eigenvalue weighted by atomic mass is 35.5. The molecule has 1 aromatic carbocycles. The summed E-state index contributed by atoms with van der Waals surface area (Å²) in [6, 6.07) is 6.46. The number of halogens is 4. The van der Waals surface area contributed by atoms with Crippen LogP contribution in [0.4, 0.5) is 24.8 Å². The molecule has 2 aromatic heterocycles. The van der Waals surface area contributed by atoms with Crippen molar-refractivity contribution in [3.05, 3.63) is 53.9 Å². The van der Waals surface area contributed by atoms with Gasteiger partial charge in [0.25, 0.3) is 11.8 Å². The van der Waals surface area contributed by atoms with Crippen molar-refractivity contribution in [2.75, 3.05) is 31.6 Å². The van der Waals surface area contributed by atoms with Crippen LogP contribution in [-0.4, -0.2) is 62.6 Å². The molecule has 4 heterocycles. The molecule has 186 valence electrons. The molecular formula is C23H24ClF3N6O2. The maximum absolute atomic E-state index is 14.7. The van der Waals surface area contributed by atoms with Crippen LogP contribution in [-0.2, 0) is 4.74 Å². The molecular weight excluding hydrogens is 485 g/mol. The first-order valence-corrected chi connectivity index (χ1v) is 11.0. The zero-order valence-electron chi connectivity index (χ0n) is 18.9. The highest BCUT2D eigenvalue weighted by molar-refractivity contribution is 5.95. The third kappa shape index (κ3) is 5.10. The smallest absolute Gasteiger partial charge is 0.282 e. The van der Waals surface area contributed by atoms with Gasteiger partial charge in [0.1, 0.15) is 11.5 Å². The number of aromatic nitrogens is 4. The molecule has 2 saturated heterocycles. The lowest BCUT2D eigenvalue weighted by Gasteiger charge is -2.38. The monoisotopic (exact) mass is 508 g/mol. The largest absolute Gasteiger partial charge is 0.381 e. The predicted octanol–water partition coefficient (Wildman–Crippen LogP) is 4.40. The molecule has 2 fully saturated rings. The summed E-state index contributed by atoms with van der Waals surface area (Å²) in [6.07, 6.45) is 4.33. The number of hydrogen-bond acceptors (Lipinski definition) is 6. The second-order valence-electron chi connectivity index (χ2n) is 8.51. The number of imidazole rings is 1. The molecule has 0 radical (unpaired) electrons. The van der Waals surface area contributed by atoms with Gasteiger partial charge in [0, 0.05) is 30.5 Å². The summed E-state index contributed by atoms with van der Waals surface area (Å²) in [5.74, 6) is -2.88. The Hall–Kier alpha value is -3.18. The van der Waals surface area contributed by atoms with E-state index in [0.29, 0.717) is 30.2 Å². The number of amides is 1. The van der Waals surface area contributed by atoms with Crippen LogP contribution in [0.3, 0.4) is 0 Å². The first-order chi connectivity index (χ1) is 16.3. The van der Waals surface area contributed by atoms with Gasteiger partial charge in [0.15, 0.2) is 5.82 Å². The van der Waals surface area contributed by atoms with Gasteiger partial charge in [0.2, 0.25) is 5.95 Å². The molecule has 5 rings (SSSR count). The molecule has 1 N–H and O–H groups in total. The molecule has 2 aliphatic heterocycles. The van der Waals surface area contributed by atoms with Crippen molar-refractivity contribution in [1.29, 1.82) is 0 Å². The van der Waals surface area contributed by atoms with Gasteiger partial charge in [-0.05, 0) is 44.0 Å². The van der Waals surface area contributed by atoms with Crippen LogP contribution in [0.25, 0.3) is 11.4 Å². The fraction of sp³-hybridized carbons (Fsp3) is 0.391. The molecule has 0 unspecified atom stereocenters. The Labute approximate surface area is 205 Å². The molecule has 3 aromatic rings. The molecule has 0 bridgehead atoms. The third-order valence-electron chi connectivity index (χ3n) is 6.04. The van der Waals surface area contributed by atoms with Crippen molar-refractivity contribution in [3.63, 3.8) is 0 Å². The molecule has 2 aliphatic rings. The molecule has 12 heteroatoms. The number of likely N-dealkylation sites (tertiary alicyclic amines) is 1. The summed E-state index contributed by atoms with van der Waals surface area (Å²) < 4.78 is 48.3. The fourth-order valence-electron chi connectivity index (χ4n) is 4.30. The van der Waals surface area contributed by atoms with Crippen LogP contribution < -0.4 is 5.32 Å². The van der Waals surface area contributed by atoms with Crippen LogP contribution in [0.5, 0.6) is 0 Å². The standard InChI is InChI=1S/C23H23F3N6O2.ClH/c1-14-27-11-19(32(14)17-6-8-34-9-7-17)20-18(24)10-28-22(30-20)29-16-4-2-15(3-5-16)21(33)31-12-23(25,26)13-31;/h2-5,10-11,17H,6-9,12-13H2,1H3,(H,28,29,30);1H. The highest BCUT2D eigenvalue weighted by Crippen LogP contribution is 2.31. The number of carbonyl (C=O) groups is 1. The fourth-order valence-corrected chi connectivity index (χ4v) is 4.30. The van der Waals surface area contributed by atoms with Crippen LogP contribution in [0, 0.1) is 12.7 Å². The molecule has 8 nitrogen and oxygen atoms in total. The molecule has 35 heavy (non-hydrogen) atoms. The van der Waals surface area contributed by atoms with Gasteiger partial charge in [0.05, 0.1) is 31.2 Å². The number of benzene rings is 1. The van der Waals surface area contributed by atoms with E-state index in [1.165, 1.54) is 12.1 Å². The van der Waals surface area contributed by atoms with E-state index in [-0.39, 0.29) is 30.1 Å². The Kier molecular flexibility index (Phi) is 7.00. The summed E-state index contributed by atoms with van der Waals surface area (Å²) in [4.78, 5) is 26.2. The lowest BCUT2D eigenvalue weighted by molar-refractivity contribution is -0.113. The van der Waals surface area contributed by atoms with E-state index in [0.717, 1.165) is 29.8 Å². The summed E-state index contributed by atoms with van der Waals surface area (Å²) in [5.41, 5.74) is 1.57. The number of aryl methyl sites for hydroxylation is 1. The first-order valence-electron chi connectivity index (χ1n) is 11.0. The zero-order valence-corrected chi connectivity index (χ0v) is 19.7. The number of alkyl halides is 2. The Morgan fingerprint density at radius 3 is 2.46 bits per heavy atom. The Bertz CT molecular complexity index is 1210. The molecule has 0 atom stereocenters. The van der Waals surface area contributed by atoms with Crippen molar-refractivity contribution < 1.29 is 22.7 Å². The third-order valence-corrected chi connectivity index (χ3v) is 6.04. The Balaban J connectivity index is 0.00000289. The van der Waals surface area contributed by atoms with Gasteiger partial charge in [-0.1, -0.05) is 0 Å². The van der Waals surface area contributed by atoms with E-state index in [2.05, 4.69) is 20.3 Å². The number of nitrogens with zero attached hydrogens (tertiary/aromatic N) is 5. The van der Waals surface area contributed by atoms with E-state index in [4.69, 9.17) is 4.74 Å². The summed E-state index contributed by atoms with van der Waals surface area (Å²) in [7, 11) is 0. The lowest BCUT2D eigenvalue weighted by atomic mass is 10.1. The van der Waals surface area contributed by atoms with E-state index in [1.807, 2.05) is 11.5 Å². The van der Waals surface area contributed by atoms with Crippen molar-refractivity contribution in [2.24, 2.45) is 0 Å². The Morgan fingerprint density at radius 1 is 1.11 bits per heavy atom. The van der Waals surface area contributed by atoms with Gasteiger partial charge in [-0.2, -0.15) is 0 Å². The second kappa shape index (κ2) is 9.82. The molecule has 1 amide bonds. The van der Waals surface area contributed by atoms with E-state index < -0.39 is 30.7 Å². The number of nitrogens with one attached hydrogen (secondary N) is 1. The normalized spacial score (nSPS) is 17.4. The second-order valence-corrected chi connectivity index (χ2v) is 8.51. The van der Waals surface area contributed by atoms with Crippen LogP contribution in [0.2, 0.25) is 0 Å². The molecule has 0 spiro atoms.